The number of hydrogen-bond donors (Lipinski definition) is 1. The Bertz CT molecular complexity index is 271. The lowest BCUT2D eigenvalue weighted by atomic mass is 10.1. The second-order valence-electron chi connectivity index (χ2n) is 5.54. The van der Waals surface area contributed by atoms with E-state index in [2.05, 4.69) is 0 Å². The fourth-order valence-electron chi connectivity index (χ4n) is 2.31. The molecular weight excluding hydrogens is 194 g/mol. The van der Waals surface area contributed by atoms with Crippen LogP contribution in [0.25, 0.3) is 0 Å². The van der Waals surface area contributed by atoms with Crippen LogP contribution in [-0.2, 0) is 4.74 Å². The lowest BCUT2D eigenvalue weighted by Gasteiger charge is -2.26. The smallest absolute Gasteiger partial charge is 0.410 e. The van der Waals surface area contributed by atoms with Crippen LogP contribution in [0, 0.1) is 11.8 Å². The van der Waals surface area contributed by atoms with Crippen LogP contribution in [0.5, 0.6) is 0 Å². The SMILES string of the molecule is CC(C)(C)OC(=O)N1C[C@H](CO)[C@@H]2C[C@@H]21. The highest BCUT2D eigenvalue weighted by atomic mass is 16.6. The zero-order valence-electron chi connectivity index (χ0n) is 9.56. The van der Waals surface area contributed by atoms with Crippen molar-refractivity contribution >= 4 is 6.09 Å². The molecule has 0 aromatic rings. The summed E-state index contributed by atoms with van der Waals surface area (Å²) < 4.78 is 5.32. The largest absolute Gasteiger partial charge is 0.444 e. The van der Waals surface area contributed by atoms with E-state index in [-0.39, 0.29) is 18.6 Å². The molecule has 2 fully saturated rings. The first-order valence-electron chi connectivity index (χ1n) is 5.53. The quantitative estimate of drug-likeness (QED) is 0.712. The van der Waals surface area contributed by atoms with Gasteiger partial charge in [-0.2, -0.15) is 0 Å². The monoisotopic (exact) mass is 213 g/mol. The lowest BCUT2D eigenvalue weighted by molar-refractivity contribution is 0.0245. The predicted octanol–water partition coefficient (Wildman–Crippen LogP) is 1.23. The van der Waals surface area contributed by atoms with Gasteiger partial charge in [-0.3, -0.25) is 0 Å². The molecule has 0 unspecified atom stereocenters. The van der Waals surface area contributed by atoms with Crippen LogP contribution in [0.1, 0.15) is 27.2 Å². The molecule has 1 saturated heterocycles. The summed E-state index contributed by atoms with van der Waals surface area (Å²) in [6.07, 6.45) is 0.802. The molecule has 2 rings (SSSR count). The Balaban J connectivity index is 1.93. The Morgan fingerprint density at radius 1 is 1.53 bits per heavy atom. The van der Waals surface area contributed by atoms with Crippen molar-refractivity contribution in [2.75, 3.05) is 13.2 Å². The van der Waals surface area contributed by atoms with Crippen molar-refractivity contribution in [3.05, 3.63) is 0 Å². The van der Waals surface area contributed by atoms with Crippen LogP contribution >= 0.6 is 0 Å². The van der Waals surface area contributed by atoms with Crippen molar-refractivity contribution < 1.29 is 14.6 Å². The normalized spacial score (nSPS) is 33.9. The van der Waals surface area contributed by atoms with Crippen molar-refractivity contribution in [1.29, 1.82) is 0 Å². The van der Waals surface area contributed by atoms with Crippen molar-refractivity contribution in [2.45, 2.75) is 38.8 Å². The molecule has 4 nitrogen and oxygen atoms in total. The molecular formula is C11H19NO3. The minimum absolute atomic E-state index is 0.181. The van der Waals surface area contributed by atoms with E-state index >= 15 is 0 Å². The van der Waals surface area contributed by atoms with Crippen molar-refractivity contribution in [3.8, 4) is 0 Å². The Morgan fingerprint density at radius 2 is 2.20 bits per heavy atom. The highest BCUT2D eigenvalue weighted by Gasteiger charge is 2.55. The van der Waals surface area contributed by atoms with E-state index in [0.29, 0.717) is 18.5 Å². The molecule has 2 aliphatic rings. The van der Waals surface area contributed by atoms with Gasteiger partial charge in [0, 0.05) is 25.1 Å². The number of aliphatic hydroxyl groups is 1. The Hall–Kier alpha value is -0.770. The van der Waals surface area contributed by atoms with Crippen molar-refractivity contribution in [3.63, 3.8) is 0 Å². The molecule has 1 aliphatic carbocycles. The van der Waals surface area contributed by atoms with Gasteiger partial charge < -0.3 is 14.7 Å². The van der Waals surface area contributed by atoms with E-state index in [1.807, 2.05) is 20.8 Å². The summed E-state index contributed by atoms with van der Waals surface area (Å²) in [7, 11) is 0. The van der Waals surface area contributed by atoms with Gasteiger partial charge in [0.1, 0.15) is 5.60 Å². The van der Waals surface area contributed by atoms with Gasteiger partial charge in [-0.05, 0) is 33.1 Å². The highest BCUT2D eigenvalue weighted by Crippen LogP contribution is 2.48. The van der Waals surface area contributed by atoms with Crippen molar-refractivity contribution in [2.24, 2.45) is 11.8 Å². The number of likely N-dealkylation sites (tertiary alicyclic amines) is 1. The number of fused-ring (bicyclic) bond motifs is 1. The fourth-order valence-corrected chi connectivity index (χ4v) is 2.31. The van der Waals surface area contributed by atoms with Gasteiger partial charge in [0.25, 0.3) is 0 Å². The number of carbonyl (C=O) groups excluding carboxylic acids is 1. The zero-order chi connectivity index (χ0) is 11.2. The minimum Gasteiger partial charge on any atom is -0.444 e. The molecule has 0 radical (unpaired) electrons. The molecule has 1 amide bonds. The molecule has 0 bridgehead atoms. The molecule has 1 heterocycles. The summed E-state index contributed by atoms with van der Waals surface area (Å²) in [4.78, 5) is 13.6. The summed E-state index contributed by atoms with van der Waals surface area (Å²) in [6, 6.07) is 0.331. The Morgan fingerprint density at radius 3 is 2.67 bits per heavy atom. The maximum atomic E-state index is 11.8. The number of carbonyl (C=O) groups is 1. The third kappa shape index (κ3) is 2.09. The number of nitrogens with zero attached hydrogens (tertiary/aromatic N) is 1. The molecule has 0 spiro atoms. The number of hydrogen-bond acceptors (Lipinski definition) is 3. The zero-order valence-corrected chi connectivity index (χ0v) is 9.56. The second kappa shape index (κ2) is 3.37. The minimum atomic E-state index is -0.432. The molecule has 1 aliphatic heterocycles. The fraction of sp³-hybridized carbons (Fsp3) is 0.909. The summed E-state index contributed by atoms with van der Waals surface area (Å²) >= 11 is 0. The first-order valence-corrected chi connectivity index (χ1v) is 5.53. The van der Waals surface area contributed by atoms with Crippen LogP contribution in [0.3, 0.4) is 0 Å². The van der Waals surface area contributed by atoms with Crippen LogP contribution in [0.15, 0.2) is 0 Å². The first kappa shape index (κ1) is 10.7. The van der Waals surface area contributed by atoms with E-state index in [1.54, 1.807) is 4.90 Å². The number of piperidine rings is 1. The summed E-state index contributed by atoms with van der Waals surface area (Å²) in [5.74, 6) is 0.782. The van der Waals surface area contributed by atoms with E-state index in [1.165, 1.54) is 0 Å². The third-order valence-corrected chi connectivity index (χ3v) is 3.10. The van der Waals surface area contributed by atoms with Gasteiger partial charge in [-0.1, -0.05) is 0 Å². The van der Waals surface area contributed by atoms with Crippen LogP contribution in [0.4, 0.5) is 4.79 Å². The van der Waals surface area contributed by atoms with Crippen LogP contribution < -0.4 is 0 Å². The van der Waals surface area contributed by atoms with Gasteiger partial charge in [0.2, 0.25) is 0 Å². The van der Waals surface area contributed by atoms with Gasteiger partial charge in [-0.25, -0.2) is 4.79 Å². The Labute approximate surface area is 90.2 Å². The Kier molecular flexibility index (Phi) is 2.41. The molecule has 0 aromatic carbocycles. The van der Waals surface area contributed by atoms with E-state index in [0.717, 1.165) is 6.42 Å². The van der Waals surface area contributed by atoms with Crippen molar-refractivity contribution in [1.82, 2.24) is 4.90 Å². The summed E-state index contributed by atoms with van der Waals surface area (Å²) in [6.45, 7) is 6.44. The number of rotatable bonds is 1. The molecule has 3 atom stereocenters. The topological polar surface area (TPSA) is 49.8 Å². The highest BCUT2D eigenvalue weighted by molar-refractivity contribution is 5.69. The second-order valence-corrected chi connectivity index (χ2v) is 5.54. The standard InChI is InChI=1S/C11H19NO3/c1-11(2,3)15-10(14)12-5-7(6-13)8-4-9(8)12/h7-9,13H,4-6H2,1-3H3/t7-,8+,9+/m1/s1. The number of amides is 1. The van der Waals surface area contributed by atoms with E-state index in [4.69, 9.17) is 9.84 Å². The maximum absolute atomic E-state index is 11.8. The molecule has 1 saturated carbocycles. The predicted molar refractivity (Wildman–Crippen MR) is 55.4 cm³/mol. The van der Waals surface area contributed by atoms with E-state index < -0.39 is 5.60 Å². The molecule has 1 N–H and O–H groups in total. The summed E-state index contributed by atoms with van der Waals surface area (Å²) in [5.41, 5.74) is -0.432. The number of ether oxygens (including phenoxy) is 1. The first-order chi connectivity index (χ1) is 6.92. The third-order valence-electron chi connectivity index (χ3n) is 3.10. The van der Waals surface area contributed by atoms with Gasteiger partial charge in [0.15, 0.2) is 0 Å². The van der Waals surface area contributed by atoms with Gasteiger partial charge >= 0.3 is 6.09 Å². The molecule has 86 valence electrons. The average molecular weight is 213 g/mol. The molecule has 4 heteroatoms. The van der Waals surface area contributed by atoms with Crippen LogP contribution in [0.2, 0.25) is 0 Å². The lowest BCUT2D eigenvalue weighted by Crippen LogP contribution is -2.37. The average Bonchev–Trinajstić information content (AvgIpc) is 2.78. The number of aliphatic hydroxyl groups excluding tert-OH is 1. The molecule has 0 aromatic heterocycles. The van der Waals surface area contributed by atoms with E-state index in [9.17, 15) is 4.79 Å². The summed E-state index contributed by atoms with van der Waals surface area (Å²) in [5, 5.41) is 9.12. The van der Waals surface area contributed by atoms with Gasteiger partial charge in [-0.15, -0.1) is 0 Å². The van der Waals surface area contributed by atoms with Gasteiger partial charge in [0.05, 0.1) is 0 Å². The van der Waals surface area contributed by atoms with Crippen LogP contribution in [-0.4, -0.2) is 40.9 Å². The molecule has 15 heavy (non-hydrogen) atoms. The maximum Gasteiger partial charge on any atom is 0.410 e.